The predicted molar refractivity (Wildman–Crippen MR) is 171 cm³/mol. The van der Waals surface area contributed by atoms with E-state index in [2.05, 4.69) is 0 Å². The van der Waals surface area contributed by atoms with Crippen molar-refractivity contribution in [2.75, 3.05) is 6.61 Å². The SMILES string of the molecule is CC(C)(O)/C=C/C(=O)C(C)(O)C1[C@H](O)C[C@@]2(C)C3CC=C4C(C=C(O[C@@H]5O[C@H](CO)[C@@H](O)[C@H](O)[C@H]5O)C(=O)C4(C)C)[C@]3(C)C(=O)C[C@]12C. The Kier molecular flexibility index (Phi) is 8.96. The largest absolute Gasteiger partial charge is 0.459 e. The molecule has 5 aliphatic rings. The molecule has 7 N–H and O–H groups in total. The quantitative estimate of drug-likeness (QED) is 0.148. The van der Waals surface area contributed by atoms with Crippen molar-refractivity contribution < 1.29 is 59.6 Å². The van der Waals surface area contributed by atoms with E-state index >= 15 is 0 Å². The van der Waals surface area contributed by atoms with Gasteiger partial charge in [0.2, 0.25) is 12.1 Å². The van der Waals surface area contributed by atoms with Crippen molar-refractivity contribution >= 4 is 17.3 Å². The molecule has 1 saturated heterocycles. The molecule has 0 radical (unpaired) electrons. The van der Waals surface area contributed by atoms with Gasteiger partial charge in [0.25, 0.3) is 0 Å². The molecule has 4 aliphatic carbocycles. The lowest BCUT2D eigenvalue weighted by Gasteiger charge is -2.63. The summed E-state index contributed by atoms with van der Waals surface area (Å²) in [6, 6.07) is 0. The Hall–Kier alpha value is -2.29. The Morgan fingerprint density at radius 3 is 2.21 bits per heavy atom. The van der Waals surface area contributed by atoms with Crippen LogP contribution in [-0.2, 0) is 23.9 Å². The number of fused-ring (bicyclic) bond motifs is 5. The van der Waals surface area contributed by atoms with Crippen LogP contribution in [0.3, 0.4) is 0 Å². The molecule has 48 heavy (non-hydrogen) atoms. The molecule has 0 bridgehead atoms. The molecule has 5 rings (SSSR count). The Morgan fingerprint density at radius 1 is 1.00 bits per heavy atom. The molecule has 13 atom stereocenters. The van der Waals surface area contributed by atoms with Crippen LogP contribution >= 0.6 is 0 Å². The third-order valence-corrected chi connectivity index (χ3v) is 12.9. The third kappa shape index (κ3) is 5.21. The minimum absolute atomic E-state index is 0.0637. The van der Waals surface area contributed by atoms with E-state index < -0.39 is 106 Å². The van der Waals surface area contributed by atoms with Gasteiger partial charge in [-0.25, -0.2) is 0 Å². The molecule has 1 heterocycles. The molecule has 268 valence electrons. The molecule has 0 aromatic carbocycles. The fraction of sp³-hybridized carbons (Fsp3) is 0.750. The molecule has 0 aromatic rings. The van der Waals surface area contributed by atoms with Gasteiger partial charge in [-0.1, -0.05) is 38.5 Å². The number of hydrogen-bond donors (Lipinski definition) is 7. The standard InChI is InChI=1S/C36H52O12/c1-31(2,45)12-11-23(39)36(8,46)28-19(38)14-33(5)22-10-9-17-18(35(22,7)24(40)15-34(28,33)6)13-20(29(44)32(17,3)4)47-30-27(43)26(42)25(41)21(16-37)48-30/h9,11-13,18-19,21-22,25-28,30,37-38,41-43,45-46H,10,14-16H2,1-8H3/b12-11+/t18?,19-,21-,22?,25-,26+,27-,28?,30-,33+,34-,35+,36?/m1/s1. The van der Waals surface area contributed by atoms with Gasteiger partial charge in [0.1, 0.15) is 35.8 Å². The number of ether oxygens (including phenoxy) is 2. The Balaban J connectivity index is 1.55. The van der Waals surface area contributed by atoms with Crippen LogP contribution in [0.1, 0.15) is 74.7 Å². The molecule has 1 aliphatic heterocycles. The summed E-state index contributed by atoms with van der Waals surface area (Å²) in [5, 5.41) is 74.4. The van der Waals surface area contributed by atoms with Gasteiger partial charge < -0.3 is 45.2 Å². The summed E-state index contributed by atoms with van der Waals surface area (Å²) in [5.74, 6) is -3.51. The number of carbonyl (C=O) groups is 3. The molecule has 2 saturated carbocycles. The van der Waals surface area contributed by atoms with Crippen LogP contribution in [0, 0.1) is 39.4 Å². The number of aliphatic hydroxyl groups is 7. The van der Waals surface area contributed by atoms with Gasteiger partial charge in [0.15, 0.2) is 11.5 Å². The second-order valence-electron chi connectivity index (χ2n) is 16.7. The molecule has 0 amide bonds. The Bertz CT molecular complexity index is 1450. The maximum Gasteiger partial charge on any atom is 0.229 e. The fourth-order valence-corrected chi connectivity index (χ4v) is 9.94. The van der Waals surface area contributed by atoms with Crippen molar-refractivity contribution in [3.05, 3.63) is 35.6 Å². The summed E-state index contributed by atoms with van der Waals surface area (Å²) < 4.78 is 11.5. The van der Waals surface area contributed by atoms with Crippen molar-refractivity contribution in [2.45, 2.75) is 123 Å². The maximum atomic E-state index is 14.7. The van der Waals surface area contributed by atoms with Crippen LogP contribution in [0.2, 0.25) is 0 Å². The Morgan fingerprint density at radius 2 is 1.62 bits per heavy atom. The monoisotopic (exact) mass is 676 g/mol. The van der Waals surface area contributed by atoms with Crippen molar-refractivity contribution in [3.8, 4) is 0 Å². The lowest BCUT2D eigenvalue weighted by atomic mass is 9.39. The van der Waals surface area contributed by atoms with E-state index in [0.717, 1.165) is 11.6 Å². The summed E-state index contributed by atoms with van der Waals surface area (Å²) in [6.07, 6.45) is -2.56. The highest BCUT2D eigenvalue weighted by molar-refractivity contribution is 6.02. The number of ketones is 3. The smallest absolute Gasteiger partial charge is 0.229 e. The van der Waals surface area contributed by atoms with Gasteiger partial charge in [0, 0.05) is 23.7 Å². The molecule has 3 fully saturated rings. The number of Topliss-reactive ketones (excluding diaryl/α,β-unsaturated/α-hetero) is 2. The zero-order valence-corrected chi connectivity index (χ0v) is 29.0. The molecule has 4 unspecified atom stereocenters. The van der Waals surface area contributed by atoms with Crippen LogP contribution in [0.15, 0.2) is 35.6 Å². The highest BCUT2D eigenvalue weighted by Gasteiger charge is 2.74. The van der Waals surface area contributed by atoms with Gasteiger partial charge in [-0.3, -0.25) is 14.4 Å². The number of aliphatic hydroxyl groups excluding tert-OH is 5. The summed E-state index contributed by atoms with van der Waals surface area (Å²) in [7, 11) is 0. The van der Waals surface area contributed by atoms with Crippen LogP contribution in [-0.4, -0.2) is 108 Å². The van der Waals surface area contributed by atoms with Crippen molar-refractivity contribution in [3.63, 3.8) is 0 Å². The lowest BCUT2D eigenvalue weighted by Crippen LogP contribution is -2.64. The Labute approximate surface area is 281 Å². The molecule has 0 spiro atoms. The van der Waals surface area contributed by atoms with E-state index in [-0.39, 0.29) is 24.4 Å². The summed E-state index contributed by atoms with van der Waals surface area (Å²) >= 11 is 0. The van der Waals surface area contributed by atoms with Gasteiger partial charge in [-0.2, -0.15) is 0 Å². The third-order valence-electron chi connectivity index (χ3n) is 12.9. The van der Waals surface area contributed by atoms with Crippen LogP contribution in [0.4, 0.5) is 0 Å². The molecular formula is C36H52O12. The maximum absolute atomic E-state index is 14.7. The minimum Gasteiger partial charge on any atom is -0.459 e. The van der Waals surface area contributed by atoms with Crippen LogP contribution in [0.25, 0.3) is 0 Å². The second-order valence-corrected chi connectivity index (χ2v) is 16.7. The van der Waals surface area contributed by atoms with Gasteiger partial charge in [-0.05, 0) is 76.4 Å². The van der Waals surface area contributed by atoms with Crippen molar-refractivity contribution in [2.24, 2.45) is 39.4 Å². The first-order valence-corrected chi connectivity index (χ1v) is 16.7. The van der Waals surface area contributed by atoms with E-state index in [9.17, 15) is 50.1 Å². The number of hydrogen-bond acceptors (Lipinski definition) is 12. The number of carbonyl (C=O) groups excluding carboxylic acids is 3. The van der Waals surface area contributed by atoms with E-state index in [1.165, 1.54) is 26.8 Å². The van der Waals surface area contributed by atoms with Gasteiger partial charge in [0.05, 0.1) is 23.7 Å². The molecular weight excluding hydrogens is 624 g/mol. The lowest BCUT2D eigenvalue weighted by molar-refractivity contribution is -0.291. The average Bonchev–Trinajstić information content (AvgIpc) is 3.19. The molecule has 12 nitrogen and oxygen atoms in total. The van der Waals surface area contributed by atoms with E-state index in [1.54, 1.807) is 19.9 Å². The van der Waals surface area contributed by atoms with E-state index in [1.807, 2.05) is 26.8 Å². The van der Waals surface area contributed by atoms with Crippen molar-refractivity contribution in [1.29, 1.82) is 0 Å². The van der Waals surface area contributed by atoms with Crippen LogP contribution in [0.5, 0.6) is 0 Å². The first-order valence-electron chi connectivity index (χ1n) is 16.7. The zero-order valence-electron chi connectivity index (χ0n) is 29.0. The minimum atomic E-state index is -2.05. The normalized spacial score (nSPS) is 45.4. The first-order chi connectivity index (χ1) is 21.9. The first kappa shape index (κ1) is 37.0. The highest BCUT2D eigenvalue weighted by atomic mass is 16.7. The average molecular weight is 677 g/mol. The zero-order chi connectivity index (χ0) is 36.2. The second kappa shape index (κ2) is 11.6. The van der Waals surface area contributed by atoms with Crippen molar-refractivity contribution in [1.82, 2.24) is 0 Å². The molecule has 0 aromatic heterocycles. The predicted octanol–water partition coefficient (Wildman–Crippen LogP) is 0.878. The summed E-state index contributed by atoms with van der Waals surface area (Å²) in [5.41, 5.74) is -6.65. The van der Waals surface area contributed by atoms with E-state index in [0.29, 0.717) is 6.42 Å². The number of rotatable bonds is 7. The summed E-state index contributed by atoms with van der Waals surface area (Å²) in [6.45, 7) is 12.8. The van der Waals surface area contributed by atoms with Gasteiger partial charge >= 0.3 is 0 Å². The number of allylic oxidation sites excluding steroid dienone is 4. The van der Waals surface area contributed by atoms with Crippen LogP contribution < -0.4 is 0 Å². The van der Waals surface area contributed by atoms with E-state index in [4.69, 9.17) is 9.47 Å². The summed E-state index contributed by atoms with van der Waals surface area (Å²) in [4.78, 5) is 41.9. The highest BCUT2D eigenvalue weighted by Crippen LogP contribution is 2.73. The molecule has 12 heteroatoms. The fourth-order valence-electron chi connectivity index (χ4n) is 9.94. The topological polar surface area (TPSA) is 211 Å². The van der Waals surface area contributed by atoms with Gasteiger partial charge in [-0.15, -0.1) is 0 Å².